The summed E-state index contributed by atoms with van der Waals surface area (Å²) in [7, 11) is 1.59. The molecule has 1 heterocycles. The van der Waals surface area contributed by atoms with Gasteiger partial charge in [-0.15, -0.1) is 0 Å². The zero-order valence-electron chi connectivity index (χ0n) is 11.6. The van der Waals surface area contributed by atoms with E-state index in [1.165, 1.54) is 10.5 Å². The van der Waals surface area contributed by atoms with Crippen LogP contribution in [-0.4, -0.2) is 18.9 Å². The van der Waals surface area contributed by atoms with Gasteiger partial charge in [0.25, 0.3) is 0 Å². The van der Waals surface area contributed by atoms with Crippen LogP contribution in [0.15, 0.2) is 35.9 Å². The Kier molecular flexibility index (Phi) is 3.08. The highest BCUT2D eigenvalue weighted by Crippen LogP contribution is 2.39. The topological polar surface area (TPSA) is 46.6 Å². The minimum absolute atomic E-state index is 0.0717. The number of benzene rings is 1. The zero-order chi connectivity index (χ0) is 14.3. The largest absolute Gasteiger partial charge is 0.497 e. The molecule has 0 bridgehead atoms. The van der Waals surface area contributed by atoms with E-state index in [0.717, 1.165) is 0 Å². The van der Waals surface area contributed by atoms with E-state index in [2.05, 4.69) is 6.08 Å². The zero-order valence-corrected chi connectivity index (χ0v) is 11.6. The maximum atomic E-state index is 12.5. The molecule has 0 aromatic heterocycles. The van der Waals surface area contributed by atoms with Crippen LogP contribution in [0.3, 0.4) is 0 Å². The maximum absolute atomic E-state index is 12.5. The molecule has 0 unspecified atom stereocenters. The van der Waals surface area contributed by atoms with Gasteiger partial charge in [-0.05, 0) is 44.0 Å². The summed E-state index contributed by atoms with van der Waals surface area (Å²) in [6.07, 6.45) is 3.44. The van der Waals surface area contributed by atoms with Crippen molar-refractivity contribution in [1.82, 2.24) is 0 Å². The summed E-state index contributed by atoms with van der Waals surface area (Å²) >= 11 is 0. The van der Waals surface area contributed by atoms with Crippen LogP contribution in [0.1, 0.15) is 19.8 Å². The first-order valence-electron chi connectivity index (χ1n) is 6.79. The Morgan fingerprint density at radius 3 is 2.40 bits per heavy atom. The Balaban J connectivity index is 1.91. The number of hydrogen-bond donors (Lipinski definition) is 0. The molecule has 104 valence electrons. The number of ether oxygens (including phenoxy) is 1. The van der Waals surface area contributed by atoms with Crippen LogP contribution in [0.5, 0.6) is 5.75 Å². The van der Waals surface area contributed by atoms with E-state index < -0.39 is 0 Å². The second-order valence-electron chi connectivity index (χ2n) is 5.41. The lowest BCUT2D eigenvalue weighted by molar-refractivity contribution is -0.122. The predicted molar refractivity (Wildman–Crippen MR) is 75.5 cm³/mol. The molecule has 1 aliphatic heterocycles. The fourth-order valence-electron chi connectivity index (χ4n) is 3.02. The summed E-state index contributed by atoms with van der Waals surface area (Å²) in [5.41, 5.74) is 1.83. The normalized spacial score (nSPS) is 25.5. The molecule has 3 rings (SSSR count). The van der Waals surface area contributed by atoms with E-state index in [-0.39, 0.29) is 23.7 Å². The van der Waals surface area contributed by atoms with Crippen molar-refractivity contribution >= 4 is 17.5 Å². The molecule has 2 atom stereocenters. The van der Waals surface area contributed by atoms with Crippen LogP contribution in [-0.2, 0) is 9.59 Å². The van der Waals surface area contributed by atoms with Crippen molar-refractivity contribution in [3.05, 3.63) is 35.9 Å². The van der Waals surface area contributed by atoms with Crippen molar-refractivity contribution < 1.29 is 14.3 Å². The highest BCUT2D eigenvalue weighted by atomic mass is 16.5. The first-order valence-corrected chi connectivity index (χ1v) is 6.79. The van der Waals surface area contributed by atoms with Crippen LogP contribution in [0.25, 0.3) is 0 Å². The molecule has 1 aromatic carbocycles. The number of carbonyl (C=O) groups excluding carboxylic acids is 2. The molecule has 2 amide bonds. The number of anilines is 1. The fourth-order valence-corrected chi connectivity index (χ4v) is 3.02. The van der Waals surface area contributed by atoms with E-state index in [1.807, 2.05) is 6.92 Å². The minimum Gasteiger partial charge on any atom is -0.497 e. The van der Waals surface area contributed by atoms with E-state index in [0.29, 0.717) is 24.3 Å². The van der Waals surface area contributed by atoms with Gasteiger partial charge in [0.05, 0.1) is 24.6 Å². The summed E-state index contributed by atoms with van der Waals surface area (Å²) < 4.78 is 5.10. The number of methoxy groups -OCH3 is 1. The lowest BCUT2D eigenvalue weighted by atomic mass is 9.82. The van der Waals surface area contributed by atoms with Gasteiger partial charge < -0.3 is 4.74 Å². The van der Waals surface area contributed by atoms with Crippen LogP contribution in [0.4, 0.5) is 5.69 Å². The summed E-state index contributed by atoms with van der Waals surface area (Å²) in [6.45, 7) is 2.02. The van der Waals surface area contributed by atoms with Crippen molar-refractivity contribution in [3.8, 4) is 5.75 Å². The molecule has 0 radical (unpaired) electrons. The van der Waals surface area contributed by atoms with Gasteiger partial charge >= 0.3 is 0 Å². The van der Waals surface area contributed by atoms with Gasteiger partial charge in [0, 0.05) is 0 Å². The number of rotatable bonds is 2. The van der Waals surface area contributed by atoms with Gasteiger partial charge in [-0.25, -0.2) is 0 Å². The van der Waals surface area contributed by atoms with Gasteiger partial charge in [0.15, 0.2) is 0 Å². The van der Waals surface area contributed by atoms with Gasteiger partial charge in [-0.3, -0.25) is 14.5 Å². The van der Waals surface area contributed by atoms with Gasteiger partial charge in [0.2, 0.25) is 11.8 Å². The lowest BCUT2D eigenvalue weighted by Gasteiger charge is -2.18. The van der Waals surface area contributed by atoms with E-state index in [9.17, 15) is 9.59 Å². The average Bonchev–Trinajstić information content (AvgIpc) is 2.71. The Morgan fingerprint density at radius 2 is 1.75 bits per heavy atom. The number of allylic oxidation sites excluding steroid dienone is 2. The fraction of sp³-hybridized carbons (Fsp3) is 0.375. The third-order valence-corrected chi connectivity index (χ3v) is 4.15. The maximum Gasteiger partial charge on any atom is 0.238 e. The van der Waals surface area contributed by atoms with Crippen molar-refractivity contribution in [2.45, 2.75) is 19.8 Å². The van der Waals surface area contributed by atoms with Gasteiger partial charge in [0.1, 0.15) is 5.75 Å². The molecule has 0 N–H and O–H groups in total. The molecule has 0 saturated carbocycles. The molecule has 4 heteroatoms. The van der Waals surface area contributed by atoms with Crippen molar-refractivity contribution in [2.24, 2.45) is 11.8 Å². The third-order valence-electron chi connectivity index (χ3n) is 4.15. The summed E-state index contributed by atoms with van der Waals surface area (Å²) in [6, 6.07) is 7.04. The average molecular weight is 271 g/mol. The molecule has 1 saturated heterocycles. The van der Waals surface area contributed by atoms with Gasteiger partial charge in [-0.1, -0.05) is 11.6 Å². The Labute approximate surface area is 118 Å². The Morgan fingerprint density at radius 1 is 1.10 bits per heavy atom. The molecule has 20 heavy (non-hydrogen) atoms. The van der Waals surface area contributed by atoms with Crippen molar-refractivity contribution in [3.63, 3.8) is 0 Å². The molecule has 1 aliphatic carbocycles. The molecule has 0 spiro atoms. The van der Waals surface area contributed by atoms with E-state index in [1.54, 1.807) is 31.4 Å². The first kappa shape index (κ1) is 12.9. The van der Waals surface area contributed by atoms with Crippen LogP contribution in [0.2, 0.25) is 0 Å². The van der Waals surface area contributed by atoms with Crippen molar-refractivity contribution in [1.29, 1.82) is 0 Å². The molecule has 1 fully saturated rings. The van der Waals surface area contributed by atoms with E-state index in [4.69, 9.17) is 4.74 Å². The van der Waals surface area contributed by atoms with E-state index >= 15 is 0 Å². The van der Waals surface area contributed by atoms with Crippen molar-refractivity contribution in [2.75, 3.05) is 12.0 Å². The summed E-state index contributed by atoms with van der Waals surface area (Å²) in [5, 5.41) is 0. The predicted octanol–water partition coefficient (Wildman–Crippen LogP) is 2.54. The third kappa shape index (κ3) is 1.92. The number of fused-ring (bicyclic) bond motifs is 1. The molecule has 4 nitrogen and oxygen atoms in total. The Bertz CT molecular complexity index is 588. The second kappa shape index (κ2) is 4.78. The Hall–Kier alpha value is -2.10. The monoisotopic (exact) mass is 271 g/mol. The first-order chi connectivity index (χ1) is 9.61. The second-order valence-corrected chi connectivity index (χ2v) is 5.41. The SMILES string of the molecule is COc1ccc(N2C(=O)[C@H]3CC(C)=CC[C@H]3C2=O)cc1. The molecular formula is C16H17NO3. The van der Waals surface area contributed by atoms with Crippen LogP contribution >= 0.6 is 0 Å². The van der Waals surface area contributed by atoms with Crippen LogP contribution in [0, 0.1) is 11.8 Å². The quantitative estimate of drug-likeness (QED) is 0.613. The van der Waals surface area contributed by atoms with Gasteiger partial charge in [-0.2, -0.15) is 0 Å². The highest BCUT2D eigenvalue weighted by molar-refractivity contribution is 6.22. The number of imide groups is 1. The number of nitrogens with zero attached hydrogens (tertiary/aromatic N) is 1. The number of carbonyl (C=O) groups is 2. The summed E-state index contributed by atoms with van der Waals surface area (Å²) in [5.74, 6) is 0.192. The number of amides is 2. The molecule has 2 aliphatic rings. The lowest BCUT2D eigenvalue weighted by Crippen LogP contribution is -2.30. The molecular weight excluding hydrogens is 254 g/mol. The smallest absolute Gasteiger partial charge is 0.238 e. The number of hydrogen-bond acceptors (Lipinski definition) is 3. The minimum atomic E-state index is -0.187. The molecule has 1 aromatic rings. The van der Waals surface area contributed by atoms with Crippen LogP contribution < -0.4 is 9.64 Å². The standard InChI is InChI=1S/C16H17NO3/c1-10-3-8-13-14(9-10)16(19)17(15(13)18)11-4-6-12(20-2)7-5-11/h3-7,13-14H,8-9H2,1-2H3/t13-,14+/m1/s1. The highest BCUT2D eigenvalue weighted by Gasteiger charge is 2.48. The summed E-state index contributed by atoms with van der Waals surface area (Å²) in [4.78, 5) is 26.3.